The Kier molecular flexibility index (Phi) is 16.2. The second-order valence-electron chi connectivity index (χ2n) is 11.5. The Morgan fingerprint density at radius 2 is 1.68 bits per heavy atom. The highest BCUT2D eigenvalue weighted by Gasteiger charge is 2.48. The van der Waals surface area contributed by atoms with E-state index in [1.807, 2.05) is 0 Å². The summed E-state index contributed by atoms with van der Waals surface area (Å²) in [5.41, 5.74) is -0.737. The highest BCUT2D eigenvalue weighted by molar-refractivity contribution is 6.66. The molecule has 12 nitrogen and oxygen atoms in total. The molecule has 0 aliphatic heterocycles. The highest BCUT2D eigenvalue weighted by Crippen LogP contribution is 2.33. The van der Waals surface area contributed by atoms with Crippen LogP contribution < -0.4 is 10.6 Å². The minimum absolute atomic E-state index is 0.00517. The van der Waals surface area contributed by atoms with Crippen molar-refractivity contribution in [1.82, 2.24) is 39.9 Å². The van der Waals surface area contributed by atoms with E-state index in [1.165, 1.54) is 42.0 Å². The fraction of sp³-hybridized carbons (Fsp3) is 0.593. The van der Waals surface area contributed by atoms with Crippen LogP contribution in [0.4, 0.5) is 26.3 Å². The normalized spacial score (nSPS) is 13.1. The lowest BCUT2D eigenvalue weighted by molar-refractivity contribution is -0.263. The Labute approximate surface area is 292 Å². The molecule has 1 atom stereocenters. The molecule has 2 amide bonds. The number of alkyl halides is 6. The van der Waals surface area contributed by atoms with E-state index in [-0.39, 0.29) is 31.7 Å². The maximum atomic E-state index is 12.9. The predicted octanol–water partition coefficient (Wildman–Crippen LogP) is 0.770. The summed E-state index contributed by atoms with van der Waals surface area (Å²) in [5.74, 6) is -0.429. The predicted molar refractivity (Wildman–Crippen MR) is 176 cm³/mol. The molecular weight excluding hydrogens is 668 g/mol. The van der Waals surface area contributed by atoms with Crippen molar-refractivity contribution < 1.29 is 45.4 Å². The molecular formula is C27H35B5F6N8O4. The van der Waals surface area contributed by atoms with Crippen LogP contribution in [-0.4, -0.2) is 146 Å². The Morgan fingerprint density at radius 1 is 1.08 bits per heavy atom. The van der Waals surface area contributed by atoms with Gasteiger partial charge in [0.2, 0.25) is 6.41 Å². The number of imidazole rings is 1. The number of nitrogens with zero attached hydrogens (tertiary/aromatic N) is 6. The molecule has 0 aromatic carbocycles. The van der Waals surface area contributed by atoms with Crippen LogP contribution in [0.3, 0.4) is 0 Å². The van der Waals surface area contributed by atoms with Crippen molar-refractivity contribution in [2.45, 2.75) is 61.3 Å². The highest BCUT2D eigenvalue weighted by atomic mass is 19.4. The molecule has 0 fully saturated rings. The van der Waals surface area contributed by atoms with Crippen molar-refractivity contribution in [3.63, 3.8) is 0 Å². The van der Waals surface area contributed by atoms with E-state index in [9.17, 15) is 35.9 Å². The Balaban J connectivity index is 0.000000549. The Morgan fingerprint density at radius 3 is 2.18 bits per heavy atom. The van der Waals surface area contributed by atoms with E-state index in [1.54, 1.807) is 31.8 Å². The quantitative estimate of drug-likeness (QED) is 0.152. The largest absolute Gasteiger partial charge is 0.416 e. The lowest BCUT2D eigenvalue weighted by Gasteiger charge is -2.42. The van der Waals surface area contributed by atoms with Crippen molar-refractivity contribution in [3.8, 4) is 0 Å². The minimum Gasteiger partial charge on any atom is -0.388 e. The lowest BCUT2D eigenvalue weighted by atomic mass is 9.26. The SMILES string of the molecule is CN(Cc1cnn2cc(CCOC(C)(C)C(F)(F)F)nc2c1)CC(NC=O)C(F)(F)F.COC.[B]C([B])([B])C([B])([B])n1nccc1C(=O)NC. The molecule has 3 rings (SSSR count). The van der Waals surface area contributed by atoms with E-state index in [0.717, 1.165) is 18.5 Å². The third kappa shape index (κ3) is 12.7. The number of aromatic nitrogens is 5. The summed E-state index contributed by atoms with van der Waals surface area (Å²) in [6.45, 7) is 1.33. The van der Waals surface area contributed by atoms with Crippen LogP contribution >= 0.6 is 0 Å². The zero-order chi connectivity index (χ0) is 38.7. The maximum Gasteiger partial charge on any atom is 0.416 e. The first-order chi connectivity index (χ1) is 22.9. The van der Waals surface area contributed by atoms with Crippen LogP contribution in [0.1, 0.15) is 35.6 Å². The number of rotatable bonds is 13. The first-order valence-electron chi connectivity index (χ1n) is 14.5. The summed E-state index contributed by atoms with van der Waals surface area (Å²) < 4.78 is 88.8. The standard InChI is InChI=1S/C18H23F6N5O2.C7H6B5N3O.C2H6O/c1-16(2,18(22,23)24)31-5-4-13-9-29-15(27-13)6-12(7-26-29)8-28(3)10-14(25-11-30)17(19,20)21;1-13-5(16)4-2-3-14-15(4)7(11,12)6(8,9)10;1-3-2/h6-7,9,11,14H,4-5,8,10H2,1-3H3,(H,25,30);2-3H,1H3,(H,13,16);1-2H3. The van der Waals surface area contributed by atoms with Gasteiger partial charge in [-0.25, -0.2) is 9.50 Å². The minimum atomic E-state index is -4.59. The number of likely N-dealkylation sites (N-methyl/N-ethyl adjacent to an activating group) is 1. The van der Waals surface area contributed by atoms with Gasteiger partial charge in [0.1, 0.15) is 11.7 Å². The average molecular weight is 704 g/mol. The van der Waals surface area contributed by atoms with Gasteiger partial charge in [0.15, 0.2) is 11.2 Å². The molecule has 0 bridgehead atoms. The molecule has 10 radical (unpaired) electrons. The Hall–Kier alpha value is -3.45. The zero-order valence-electron chi connectivity index (χ0n) is 28.3. The van der Waals surface area contributed by atoms with Crippen LogP contribution in [0.15, 0.2) is 30.7 Å². The number of fused-ring (bicyclic) bond motifs is 1. The molecule has 3 aromatic rings. The van der Waals surface area contributed by atoms with Gasteiger partial charge in [0.25, 0.3) is 5.91 Å². The Bertz CT molecular complexity index is 1520. The van der Waals surface area contributed by atoms with Gasteiger partial charge in [-0.15, -0.1) is 5.11 Å². The number of carbonyl (C=O) groups is 2. The number of ether oxygens (including phenoxy) is 2. The van der Waals surface area contributed by atoms with E-state index >= 15 is 0 Å². The molecule has 1 unspecified atom stereocenters. The third-order valence-electron chi connectivity index (χ3n) is 6.69. The number of halogens is 6. The topological polar surface area (TPSA) is 128 Å². The molecule has 0 aliphatic rings. The molecule has 0 saturated heterocycles. The first kappa shape index (κ1) is 44.6. The summed E-state index contributed by atoms with van der Waals surface area (Å²) in [4.78, 5) is 27.5. The van der Waals surface area contributed by atoms with Crippen molar-refractivity contribution in [1.29, 1.82) is 0 Å². The van der Waals surface area contributed by atoms with E-state index < -0.39 is 46.9 Å². The average Bonchev–Trinajstić information content (AvgIpc) is 3.63. The van der Waals surface area contributed by atoms with E-state index in [2.05, 4.69) is 25.2 Å². The molecule has 2 N–H and O–H groups in total. The van der Waals surface area contributed by atoms with Gasteiger partial charge in [-0.3, -0.25) is 19.2 Å². The third-order valence-corrected chi connectivity index (χ3v) is 6.69. The first-order valence-corrected chi connectivity index (χ1v) is 14.5. The van der Waals surface area contributed by atoms with Crippen LogP contribution in [0.2, 0.25) is 5.11 Å². The van der Waals surface area contributed by atoms with Gasteiger partial charge in [0, 0.05) is 47.0 Å². The van der Waals surface area contributed by atoms with Crippen LogP contribution in [-0.2, 0) is 32.6 Å². The smallest absolute Gasteiger partial charge is 0.388 e. The number of hydrogen-bond donors (Lipinski definition) is 2. The molecule has 3 heterocycles. The van der Waals surface area contributed by atoms with Crippen molar-refractivity contribution in [2.24, 2.45) is 0 Å². The zero-order valence-corrected chi connectivity index (χ0v) is 28.3. The van der Waals surface area contributed by atoms with E-state index in [4.69, 9.17) is 44.0 Å². The molecule has 23 heteroatoms. The number of hydrogen-bond acceptors (Lipinski definition) is 8. The summed E-state index contributed by atoms with van der Waals surface area (Å²) in [6, 6.07) is 1.02. The molecule has 0 saturated carbocycles. The monoisotopic (exact) mass is 704 g/mol. The number of methoxy groups -OCH3 is 1. The molecule has 3 aromatic heterocycles. The lowest BCUT2D eigenvalue weighted by Crippen LogP contribution is -2.50. The summed E-state index contributed by atoms with van der Waals surface area (Å²) >= 11 is 0. The molecule has 50 heavy (non-hydrogen) atoms. The van der Waals surface area contributed by atoms with Gasteiger partial charge >= 0.3 is 12.4 Å². The fourth-order valence-corrected chi connectivity index (χ4v) is 3.77. The summed E-state index contributed by atoms with van der Waals surface area (Å²) in [6.07, 6.45) is -4.62. The molecule has 264 valence electrons. The van der Waals surface area contributed by atoms with Gasteiger partial charge in [-0.2, -0.15) is 36.5 Å². The summed E-state index contributed by atoms with van der Waals surface area (Å²) in [5, 5.41) is 8.25. The van der Waals surface area contributed by atoms with Crippen molar-refractivity contribution in [2.75, 3.05) is 41.5 Å². The van der Waals surface area contributed by atoms with Gasteiger partial charge < -0.3 is 20.1 Å². The van der Waals surface area contributed by atoms with E-state index in [0.29, 0.717) is 16.9 Å². The summed E-state index contributed by atoms with van der Waals surface area (Å²) in [7, 11) is 33.8. The number of amides is 2. The molecule has 0 spiro atoms. The van der Waals surface area contributed by atoms with Crippen LogP contribution in [0.5, 0.6) is 0 Å². The van der Waals surface area contributed by atoms with Crippen molar-refractivity contribution in [3.05, 3.63) is 47.7 Å². The van der Waals surface area contributed by atoms with Gasteiger partial charge in [0.05, 0.1) is 63.9 Å². The van der Waals surface area contributed by atoms with Crippen molar-refractivity contribution >= 4 is 57.2 Å². The van der Waals surface area contributed by atoms with Crippen LogP contribution in [0.25, 0.3) is 5.65 Å². The molecule has 0 aliphatic carbocycles. The number of carbonyl (C=O) groups excluding carboxylic acids is 2. The van der Waals surface area contributed by atoms with Gasteiger partial charge in [-0.05, 0) is 43.9 Å². The van der Waals surface area contributed by atoms with Crippen LogP contribution in [0, 0.1) is 0 Å². The maximum absolute atomic E-state index is 12.9. The van der Waals surface area contributed by atoms with Gasteiger partial charge in [-0.1, -0.05) is 0 Å². The fourth-order valence-electron chi connectivity index (χ4n) is 3.77. The second kappa shape index (κ2) is 18.2. The second-order valence-corrected chi connectivity index (χ2v) is 11.5. The number of nitrogens with one attached hydrogen (secondary N) is 2.